The van der Waals surface area contributed by atoms with E-state index in [1.165, 1.54) is 95.6 Å². The zero-order valence-corrected chi connectivity index (χ0v) is 22.4. The smallest absolute Gasteiger partial charge is 0.339 e. The van der Waals surface area contributed by atoms with E-state index in [0.29, 0.717) is 19.4 Å². The lowest BCUT2D eigenvalue weighted by Gasteiger charge is -2.07. The summed E-state index contributed by atoms with van der Waals surface area (Å²) in [5.41, 5.74) is -0.0484. The first-order valence-electron chi connectivity index (χ1n) is 14.1. The average Bonchev–Trinajstić information content (AvgIpc) is 2.88. The van der Waals surface area contributed by atoms with Gasteiger partial charge in [-0.15, -0.1) is 0 Å². The molecule has 0 atom stereocenters. The van der Waals surface area contributed by atoms with Crippen molar-refractivity contribution in [3.63, 3.8) is 0 Å². The Hall–Kier alpha value is -2.21. The normalized spacial score (nSPS) is 10.9. The monoisotopic (exact) mass is 504 g/mol. The molecule has 0 unspecified atom stereocenters. The maximum absolute atomic E-state index is 12.1. The van der Waals surface area contributed by atoms with E-state index in [9.17, 15) is 14.4 Å². The number of carboxylic acids is 1. The van der Waals surface area contributed by atoms with Crippen molar-refractivity contribution in [2.24, 2.45) is 0 Å². The maximum atomic E-state index is 12.1. The van der Waals surface area contributed by atoms with Crippen molar-refractivity contribution in [3.05, 3.63) is 35.4 Å². The van der Waals surface area contributed by atoms with Crippen LogP contribution in [0.5, 0.6) is 0 Å². The summed E-state index contributed by atoms with van der Waals surface area (Å²) in [4.78, 5) is 35.2. The highest BCUT2D eigenvalue weighted by molar-refractivity contribution is 6.02. The fourth-order valence-corrected chi connectivity index (χ4v) is 4.20. The maximum Gasteiger partial charge on any atom is 0.339 e. The number of hydrogen-bond acceptors (Lipinski definition) is 5. The molecule has 0 aliphatic rings. The van der Waals surface area contributed by atoms with Gasteiger partial charge in [0.1, 0.15) is 6.61 Å². The Morgan fingerprint density at radius 3 is 1.69 bits per heavy atom. The molecular formula is C30H48O6. The summed E-state index contributed by atoms with van der Waals surface area (Å²) >= 11 is 0. The number of rotatable bonds is 24. The van der Waals surface area contributed by atoms with Crippen LogP contribution in [0.2, 0.25) is 0 Å². The van der Waals surface area contributed by atoms with Crippen LogP contribution in [0.25, 0.3) is 0 Å². The Morgan fingerprint density at radius 2 is 1.17 bits per heavy atom. The summed E-state index contributed by atoms with van der Waals surface area (Å²) < 4.78 is 10.5. The third kappa shape index (κ3) is 16.5. The Balaban J connectivity index is 1.88. The van der Waals surface area contributed by atoms with E-state index in [2.05, 4.69) is 6.92 Å². The van der Waals surface area contributed by atoms with Crippen LogP contribution in [-0.4, -0.2) is 42.6 Å². The van der Waals surface area contributed by atoms with Crippen LogP contribution in [0, 0.1) is 0 Å². The van der Waals surface area contributed by atoms with Crippen LogP contribution >= 0.6 is 0 Å². The van der Waals surface area contributed by atoms with E-state index >= 15 is 0 Å². The molecule has 0 saturated heterocycles. The van der Waals surface area contributed by atoms with E-state index in [1.807, 2.05) is 0 Å². The predicted octanol–water partition coefficient (Wildman–Crippen LogP) is 7.78. The summed E-state index contributed by atoms with van der Waals surface area (Å²) in [6, 6.07) is 5.95. The highest BCUT2D eigenvalue weighted by Gasteiger charge is 2.16. The van der Waals surface area contributed by atoms with Crippen molar-refractivity contribution in [3.8, 4) is 0 Å². The molecule has 0 radical (unpaired) electrons. The van der Waals surface area contributed by atoms with Gasteiger partial charge >= 0.3 is 11.9 Å². The summed E-state index contributed by atoms with van der Waals surface area (Å²) in [6.07, 6.45) is 20.6. The number of carbonyl (C=O) groups excluding carboxylic acids is 2. The van der Waals surface area contributed by atoms with Crippen molar-refractivity contribution < 1.29 is 29.0 Å². The Kier molecular flexibility index (Phi) is 19.5. The number of hydrogen-bond donors (Lipinski definition) is 1. The minimum absolute atomic E-state index is 0.0320. The lowest BCUT2D eigenvalue weighted by atomic mass is 10.0. The molecule has 1 aromatic rings. The molecule has 0 saturated carbocycles. The van der Waals surface area contributed by atoms with Crippen molar-refractivity contribution in [2.45, 2.75) is 116 Å². The molecular weight excluding hydrogens is 456 g/mol. The standard InChI is InChI=1S/C30H48O6/c1-2-3-4-5-6-7-8-9-10-11-12-13-14-15-16-20-26(31)25-35-23-19-24-36-30(34)28-22-18-17-21-27(28)29(32)33/h17-18,21-22H,2-16,19-20,23-25H2,1H3,(H,32,33). The first-order valence-corrected chi connectivity index (χ1v) is 14.1. The third-order valence-corrected chi connectivity index (χ3v) is 6.37. The number of ketones is 1. The van der Waals surface area contributed by atoms with Crippen molar-refractivity contribution in [1.82, 2.24) is 0 Å². The van der Waals surface area contributed by atoms with Gasteiger partial charge in [-0.05, 0) is 18.6 Å². The summed E-state index contributed by atoms with van der Waals surface area (Å²) in [6.45, 7) is 2.78. The Morgan fingerprint density at radius 1 is 0.667 bits per heavy atom. The van der Waals surface area contributed by atoms with Gasteiger partial charge in [-0.1, -0.05) is 109 Å². The lowest BCUT2D eigenvalue weighted by molar-refractivity contribution is -0.123. The number of Topliss-reactive ketones (excluding diaryl/α,β-unsaturated/α-hetero) is 1. The quantitative estimate of drug-likeness (QED) is 0.114. The van der Waals surface area contributed by atoms with Gasteiger partial charge in [0.05, 0.1) is 24.3 Å². The second kappa shape index (κ2) is 22.0. The minimum Gasteiger partial charge on any atom is -0.478 e. The molecule has 1 rings (SSSR count). The molecule has 0 aliphatic heterocycles. The number of aromatic carboxylic acids is 1. The molecule has 0 aliphatic carbocycles. The van der Waals surface area contributed by atoms with Crippen molar-refractivity contribution >= 4 is 17.7 Å². The van der Waals surface area contributed by atoms with Crippen molar-refractivity contribution in [1.29, 1.82) is 0 Å². The van der Waals surface area contributed by atoms with E-state index in [1.54, 1.807) is 12.1 Å². The largest absolute Gasteiger partial charge is 0.478 e. The van der Waals surface area contributed by atoms with Gasteiger partial charge in [0.15, 0.2) is 5.78 Å². The molecule has 0 spiro atoms. The van der Waals surface area contributed by atoms with Crippen molar-refractivity contribution in [2.75, 3.05) is 19.8 Å². The topological polar surface area (TPSA) is 89.9 Å². The molecule has 6 nitrogen and oxygen atoms in total. The Bertz CT molecular complexity index is 730. The summed E-state index contributed by atoms with van der Waals surface area (Å²) in [5.74, 6) is -1.73. The zero-order chi connectivity index (χ0) is 26.3. The number of carboxylic acid groups (broad SMARTS) is 1. The van der Waals surface area contributed by atoms with E-state index in [4.69, 9.17) is 14.6 Å². The third-order valence-electron chi connectivity index (χ3n) is 6.37. The van der Waals surface area contributed by atoms with Gasteiger partial charge in [-0.25, -0.2) is 9.59 Å². The highest BCUT2D eigenvalue weighted by atomic mass is 16.5. The van der Waals surface area contributed by atoms with E-state index < -0.39 is 11.9 Å². The Labute approximate surface area is 218 Å². The predicted molar refractivity (Wildman–Crippen MR) is 144 cm³/mol. The molecule has 204 valence electrons. The van der Waals surface area contributed by atoms with Gasteiger partial charge in [0.25, 0.3) is 0 Å². The van der Waals surface area contributed by atoms with E-state index in [-0.39, 0.29) is 30.1 Å². The number of esters is 1. The summed E-state index contributed by atoms with van der Waals surface area (Å²) in [5, 5.41) is 9.13. The molecule has 0 fully saturated rings. The van der Waals surface area contributed by atoms with Crippen LogP contribution in [0.4, 0.5) is 0 Å². The highest BCUT2D eigenvalue weighted by Crippen LogP contribution is 2.14. The SMILES string of the molecule is CCCCCCCCCCCCCCCCCC(=O)COCCCOC(=O)c1ccccc1C(=O)O. The molecule has 0 bridgehead atoms. The van der Waals surface area contributed by atoms with Gasteiger partial charge in [-0.3, -0.25) is 4.79 Å². The number of carbonyl (C=O) groups is 3. The fraction of sp³-hybridized carbons (Fsp3) is 0.700. The van der Waals surface area contributed by atoms with Crippen LogP contribution in [0.3, 0.4) is 0 Å². The van der Waals surface area contributed by atoms with Gasteiger partial charge in [0, 0.05) is 12.8 Å². The molecule has 0 amide bonds. The lowest BCUT2D eigenvalue weighted by Crippen LogP contribution is -2.14. The fourth-order valence-electron chi connectivity index (χ4n) is 4.20. The first-order chi connectivity index (χ1) is 17.6. The number of ether oxygens (including phenoxy) is 2. The molecule has 1 N–H and O–H groups in total. The first kappa shape index (κ1) is 31.8. The number of benzene rings is 1. The molecule has 0 heterocycles. The molecule has 1 aromatic carbocycles. The van der Waals surface area contributed by atoms with Gasteiger partial charge in [0.2, 0.25) is 0 Å². The second-order valence-corrected chi connectivity index (χ2v) is 9.63. The van der Waals surface area contributed by atoms with Crippen LogP contribution in [0.1, 0.15) is 137 Å². The van der Waals surface area contributed by atoms with Crippen LogP contribution in [-0.2, 0) is 14.3 Å². The second-order valence-electron chi connectivity index (χ2n) is 9.63. The van der Waals surface area contributed by atoms with Crippen LogP contribution < -0.4 is 0 Å². The summed E-state index contributed by atoms with van der Waals surface area (Å²) in [7, 11) is 0. The van der Waals surface area contributed by atoms with E-state index in [0.717, 1.165) is 12.8 Å². The molecule has 36 heavy (non-hydrogen) atoms. The molecule has 6 heteroatoms. The van der Waals surface area contributed by atoms with Gasteiger partial charge < -0.3 is 14.6 Å². The van der Waals surface area contributed by atoms with Gasteiger partial charge in [-0.2, -0.15) is 0 Å². The zero-order valence-electron chi connectivity index (χ0n) is 22.4. The number of unbranched alkanes of at least 4 members (excludes halogenated alkanes) is 14. The van der Waals surface area contributed by atoms with Crippen LogP contribution in [0.15, 0.2) is 24.3 Å². The average molecular weight is 505 g/mol. The minimum atomic E-state index is -1.17. The molecule has 0 aromatic heterocycles.